The van der Waals surface area contributed by atoms with E-state index in [-0.39, 0.29) is 16.8 Å². The predicted octanol–water partition coefficient (Wildman–Crippen LogP) is 1.36. The Morgan fingerprint density at radius 3 is 2.47 bits per heavy atom. The largest absolute Gasteiger partial charge is 0.389 e. The van der Waals surface area contributed by atoms with Crippen LogP contribution >= 0.6 is 12.2 Å². The standard InChI is InChI=1S/C12H12N2O2S/c13-12(17)8-3-1-4-9(7-8)14-10(15)5-2-6-11(14)16/h1,3-4,7H,2,5-6H2,(H2,13,17). The Morgan fingerprint density at radius 2 is 1.88 bits per heavy atom. The number of nitrogens with zero attached hydrogens (tertiary/aromatic N) is 1. The van der Waals surface area contributed by atoms with Crippen molar-refractivity contribution < 1.29 is 9.59 Å². The SMILES string of the molecule is NC(=S)c1cccc(N2C(=O)CCCC2=O)c1. The van der Waals surface area contributed by atoms with Crippen molar-refractivity contribution in [3.05, 3.63) is 29.8 Å². The van der Waals surface area contributed by atoms with E-state index in [0.717, 1.165) is 0 Å². The first-order valence-electron chi connectivity index (χ1n) is 5.35. The molecule has 1 saturated heterocycles. The second-order valence-electron chi connectivity index (χ2n) is 3.89. The van der Waals surface area contributed by atoms with Gasteiger partial charge >= 0.3 is 0 Å². The maximum Gasteiger partial charge on any atom is 0.233 e. The molecule has 1 aliphatic heterocycles. The van der Waals surface area contributed by atoms with Crippen molar-refractivity contribution >= 4 is 34.7 Å². The second-order valence-corrected chi connectivity index (χ2v) is 4.33. The quantitative estimate of drug-likeness (QED) is 0.634. The number of imide groups is 1. The van der Waals surface area contributed by atoms with Crippen molar-refractivity contribution in [2.75, 3.05) is 4.90 Å². The van der Waals surface area contributed by atoms with Gasteiger partial charge in [-0.25, -0.2) is 0 Å². The second kappa shape index (κ2) is 4.63. The fraction of sp³-hybridized carbons (Fsp3) is 0.250. The number of carbonyl (C=O) groups is 2. The number of amides is 2. The Morgan fingerprint density at radius 1 is 1.24 bits per heavy atom. The van der Waals surface area contributed by atoms with Gasteiger partial charge in [0.2, 0.25) is 11.8 Å². The monoisotopic (exact) mass is 248 g/mol. The lowest BCUT2D eigenvalue weighted by Gasteiger charge is -2.25. The van der Waals surface area contributed by atoms with Gasteiger partial charge in [0.05, 0.1) is 5.69 Å². The number of benzene rings is 1. The number of hydrogen-bond donors (Lipinski definition) is 1. The van der Waals surface area contributed by atoms with E-state index in [4.69, 9.17) is 18.0 Å². The van der Waals surface area contributed by atoms with Crippen LogP contribution in [0, 0.1) is 0 Å². The normalized spacial score (nSPS) is 16.1. The number of piperidine rings is 1. The van der Waals surface area contributed by atoms with Crippen molar-refractivity contribution in [1.29, 1.82) is 0 Å². The molecule has 0 aromatic heterocycles. The molecule has 0 unspecified atom stereocenters. The van der Waals surface area contributed by atoms with Gasteiger partial charge in [-0.2, -0.15) is 0 Å². The third-order valence-corrected chi connectivity index (χ3v) is 2.90. The fourth-order valence-electron chi connectivity index (χ4n) is 1.84. The molecular formula is C12H12N2O2S. The first kappa shape index (κ1) is 11.7. The molecule has 1 aromatic carbocycles. The van der Waals surface area contributed by atoms with Crippen LogP contribution in [-0.2, 0) is 9.59 Å². The molecule has 1 aromatic rings. The summed E-state index contributed by atoms with van der Waals surface area (Å²) >= 11 is 4.87. The van der Waals surface area contributed by atoms with Gasteiger partial charge in [-0.1, -0.05) is 24.4 Å². The summed E-state index contributed by atoms with van der Waals surface area (Å²) < 4.78 is 0. The van der Waals surface area contributed by atoms with Crippen molar-refractivity contribution in [2.24, 2.45) is 5.73 Å². The number of anilines is 1. The molecule has 5 heteroatoms. The first-order valence-corrected chi connectivity index (χ1v) is 5.76. The summed E-state index contributed by atoms with van der Waals surface area (Å²) in [5.41, 5.74) is 6.73. The highest BCUT2D eigenvalue weighted by atomic mass is 32.1. The molecular weight excluding hydrogens is 236 g/mol. The molecule has 2 rings (SSSR count). The average Bonchev–Trinajstić information content (AvgIpc) is 2.29. The summed E-state index contributed by atoms with van der Waals surface area (Å²) in [5.74, 6) is -0.331. The van der Waals surface area contributed by atoms with E-state index in [2.05, 4.69) is 0 Å². The first-order chi connectivity index (χ1) is 8.09. The van der Waals surface area contributed by atoms with E-state index in [1.54, 1.807) is 24.3 Å². The zero-order valence-corrected chi connectivity index (χ0v) is 10.00. The maximum atomic E-state index is 11.7. The fourth-order valence-corrected chi connectivity index (χ4v) is 1.97. The molecule has 0 atom stereocenters. The van der Waals surface area contributed by atoms with Crippen LogP contribution in [0.3, 0.4) is 0 Å². The highest BCUT2D eigenvalue weighted by molar-refractivity contribution is 7.80. The zero-order valence-electron chi connectivity index (χ0n) is 9.18. The minimum atomic E-state index is -0.165. The van der Waals surface area contributed by atoms with E-state index in [0.29, 0.717) is 30.5 Å². The Balaban J connectivity index is 2.38. The molecule has 0 radical (unpaired) electrons. The molecule has 2 amide bonds. The van der Waals surface area contributed by atoms with Crippen molar-refractivity contribution in [3.63, 3.8) is 0 Å². The molecule has 2 N–H and O–H groups in total. The van der Waals surface area contributed by atoms with E-state index >= 15 is 0 Å². The van der Waals surface area contributed by atoms with Gasteiger partial charge in [-0.3, -0.25) is 14.5 Å². The summed E-state index contributed by atoms with van der Waals surface area (Å²) in [6.07, 6.45) is 1.44. The van der Waals surface area contributed by atoms with Crippen LogP contribution in [0.4, 0.5) is 5.69 Å². The van der Waals surface area contributed by atoms with E-state index in [9.17, 15) is 9.59 Å². The molecule has 88 valence electrons. The van der Waals surface area contributed by atoms with E-state index in [1.807, 2.05) is 0 Å². The molecule has 0 aliphatic carbocycles. The van der Waals surface area contributed by atoms with Crippen LogP contribution < -0.4 is 10.6 Å². The highest BCUT2D eigenvalue weighted by Crippen LogP contribution is 2.22. The molecule has 0 spiro atoms. The smallest absolute Gasteiger partial charge is 0.233 e. The summed E-state index contributed by atoms with van der Waals surface area (Å²) in [4.78, 5) is 24.9. The Labute approximate surface area is 104 Å². The maximum absolute atomic E-state index is 11.7. The molecule has 17 heavy (non-hydrogen) atoms. The molecule has 1 fully saturated rings. The predicted molar refractivity (Wildman–Crippen MR) is 68.7 cm³/mol. The number of hydrogen-bond acceptors (Lipinski definition) is 3. The van der Waals surface area contributed by atoms with Crippen LogP contribution in [0.25, 0.3) is 0 Å². The number of thiocarbonyl (C=S) groups is 1. The van der Waals surface area contributed by atoms with Gasteiger partial charge in [-0.15, -0.1) is 0 Å². The number of rotatable bonds is 2. The molecule has 0 bridgehead atoms. The van der Waals surface area contributed by atoms with Crippen molar-refractivity contribution in [3.8, 4) is 0 Å². The minimum Gasteiger partial charge on any atom is -0.389 e. The summed E-state index contributed by atoms with van der Waals surface area (Å²) in [6.45, 7) is 0. The van der Waals surface area contributed by atoms with Gasteiger partial charge in [0.15, 0.2) is 0 Å². The Bertz CT molecular complexity index is 483. The van der Waals surface area contributed by atoms with E-state index in [1.165, 1.54) is 4.90 Å². The van der Waals surface area contributed by atoms with Crippen LogP contribution in [0.1, 0.15) is 24.8 Å². The molecule has 4 nitrogen and oxygen atoms in total. The highest BCUT2D eigenvalue weighted by Gasteiger charge is 2.27. The molecule has 1 heterocycles. The van der Waals surface area contributed by atoms with Crippen molar-refractivity contribution in [2.45, 2.75) is 19.3 Å². The lowest BCUT2D eigenvalue weighted by molar-refractivity contribution is -0.129. The van der Waals surface area contributed by atoms with Crippen LogP contribution in [0.5, 0.6) is 0 Å². The number of carbonyl (C=O) groups excluding carboxylic acids is 2. The van der Waals surface area contributed by atoms with Gasteiger partial charge in [0.1, 0.15) is 4.99 Å². The molecule has 0 saturated carbocycles. The van der Waals surface area contributed by atoms with Crippen LogP contribution in [0.15, 0.2) is 24.3 Å². The molecule has 1 aliphatic rings. The van der Waals surface area contributed by atoms with Crippen LogP contribution in [0.2, 0.25) is 0 Å². The minimum absolute atomic E-state index is 0.165. The third kappa shape index (κ3) is 2.34. The van der Waals surface area contributed by atoms with E-state index < -0.39 is 0 Å². The van der Waals surface area contributed by atoms with Crippen molar-refractivity contribution in [1.82, 2.24) is 0 Å². The Kier molecular flexibility index (Phi) is 3.19. The number of nitrogens with two attached hydrogens (primary N) is 1. The van der Waals surface area contributed by atoms with Gasteiger partial charge < -0.3 is 5.73 Å². The average molecular weight is 248 g/mol. The topological polar surface area (TPSA) is 63.4 Å². The van der Waals surface area contributed by atoms with Gasteiger partial charge in [0.25, 0.3) is 0 Å². The summed E-state index contributed by atoms with van der Waals surface area (Å²) in [7, 11) is 0. The third-order valence-electron chi connectivity index (χ3n) is 2.67. The zero-order chi connectivity index (χ0) is 12.4. The lowest BCUT2D eigenvalue weighted by Crippen LogP contribution is -2.40. The van der Waals surface area contributed by atoms with Crippen LogP contribution in [-0.4, -0.2) is 16.8 Å². The van der Waals surface area contributed by atoms with Gasteiger partial charge in [-0.05, 0) is 18.6 Å². The lowest BCUT2D eigenvalue weighted by atomic mass is 10.1. The summed E-state index contributed by atoms with van der Waals surface area (Å²) in [5, 5.41) is 0. The summed E-state index contributed by atoms with van der Waals surface area (Å²) in [6, 6.07) is 6.87. The Hall–Kier alpha value is -1.75. The van der Waals surface area contributed by atoms with Gasteiger partial charge in [0, 0.05) is 18.4 Å².